The van der Waals surface area contributed by atoms with Gasteiger partial charge in [0.25, 0.3) is 0 Å². The zero-order valence-corrected chi connectivity index (χ0v) is 9.11. The van der Waals surface area contributed by atoms with Crippen molar-refractivity contribution >= 4 is 5.82 Å². The number of hydrogen-bond donors (Lipinski definition) is 1. The molecule has 1 unspecified atom stereocenters. The second-order valence-corrected chi connectivity index (χ2v) is 3.85. The summed E-state index contributed by atoms with van der Waals surface area (Å²) in [5, 5.41) is 3.42. The highest BCUT2D eigenvalue weighted by Crippen LogP contribution is 2.16. The summed E-state index contributed by atoms with van der Waals surface area (Å²) in [6.07, 6.45) is 6.83. The van der Waals surface area contributed by atoms with Crippen molar-refractivity contribution in [3.05, 3.63) is 18.6 Å². The average molecular weight is 205 g/mol. The maximum Gasteiger partial charge on any atom is 0.199 e. The van der Waals surface area contributed by atoms with E-state index in [9.17, 15) is 0 Å². The Balaban J connectivity index is 2.11. The van der Waals surface area contributed by atoms with Gasteiger partial charge in [0.15, 0.2) is 6.33 Å². The first-order valence-electron chi connectivity index (χ1n) is 5.58. The van der Waals surface area contributed by atoms with E-state index >= 15 is 0 Å². The van der Waals surface area contributed by atoms with E-state index in [1.807, 2.05) is 6.07 Å². The van der Waals surface area contributed by atoms with E-state index in [2.05, 4.69) is 33.4 Å². The second kappa shape index (κ2) is 5.07. The molecule has 1 radical (unpaired) electrons. The topological polar surface area (TPSA) is 41.0 Å². The van der Waals surface area contributed by atoms with Crippen molar-refractivity contribution in [2.45, 2.75) is 25.8 Å². The second-order valence-electron chi connectivity index (χ2n) is 3.85. The van der Waals surface area contributed by atoms with Crippen molar-refractivity contribution in [3.8, 4) is 0 Å². The van der Waals surface area contributed by atoms with Crippen molar-refractivity contribution in [2.24, 2.45) is 0 Å². The highest BCUT2D eigenvalue weighted by molar-refractivity contribution is 5.38. The lowest BCUT2D eigenvalue weighted by Crippen LogP contribution is -2.51. The molecule has 0 saturated carbocycles. The molecule has 1 aromatic heterocycles. The number of rotatable bonds is 3. The minimum atomic E-state index is 0.562. The Hall–Kier alpha value is -1.16. The maximum atomic E-state index is 4.20. The molecule has 4 nitrogen and oxygen atoms in total. The van der Waals surface area contributed by atoms with Crippen molar-refractivity contribution in [1.82, 2.24) is 15.3 Å². The third-order valence-electron chi connectivity index (χ3n) is 2.79. The van der Waals surface area contributed by atoms with E-state index < -0.39 is 0 Å². The van der Waals surface area contributed by atoms with Gasteiger partial charge in [-0.1, -0.05) is 13.3 Å². The predicted octanol–water partition coefficient (Wildman–Crippen LogP) is 0.855. The quantitative estimate of drug-likeness (QED) is 0.794. The number of nitrogens with one attached hydrogen (secondary N) is 1. The van der Waals surface area contributed by atoms with E-state index in [1.54, 1.807) is 6.20 Å². The van der Waals surface area contributed by atoms with Crippen LogP contribution in [0, 0.1) is 6.33 Å². The van der Waals surface area contributed by atoms with Gasteiger partial charge in [0, 0.05) is 31.9 Å². The maximum absolute atomic E-state index is 4.20. The molecule has 1 N–H and O–H groups in total. The van der Waals surface area contributed by atoms with Gasteiger partial charge in [-0.25, -0.2) is 9.97 Å². The van der Waals surface area contributed by atoms with E-state index in [0.29, 0.717) is 6.04 Å². The monoisotopic (exact) mass is 205 g/mol. The van der Waals surface area contributed by atoms with Gasteiger partial charge in [-0.3, -0.25) is 0 Å². The van der Waals surface area contributed by atoms with Crippen LogP contribution in [0.15, 0.2) is 12.3 Å². The Bertz CT molecular complexity index is 286. The van der Waals surface area contributed by atoms with Gasteiger partial charge in [-0.05, 0) is 12.5 Å². The van der Waals surface area contributed by atoms with Gasteiger partial charge in [0.2, 0.25) is 0 Å². The molecule has 15 heavy (non-hydrogen) atoms. The van der Waals surface area contributed by atoms with Crippen LogP contribution in [0.1, 0.15) is 19.8 Å². The van der Waals surface area contributed by atoms with Crippen molar-refractivity contribution in [1.29, 1.82) is 0 Å². The lowest BCUT2D eigenvalue weighted by atomic mass is 10.1. The molecule has 1 atom stereocenters. The zero-order valence-electron chi connectivity index (χ0n) is 9.11. The number of anilines is 1. The van der Waals surface area contributed by atoms with Gasteiger partial charge < -0.3 is 10.2 Å². The highest BCUT2D eigenvalue weighted by atomic mass is 15.3. The molecule has 2 heterocycles. The molecule has 2 rings (SSSR count). The molecular formula is C11H17N4. The number of hydrogen-bond acceptors (Lipinski definition) is 4. The minimum Gasteiger partial charge on any atom is -0.351 e. The average Bonchev–Trinajstić information content (AvgIpc) is 2.31. The third-order valence-corrected chi connectivity index (χ3v) is 2.79. The van der Waals surface area contributed by atoms with E-state index in [4.69, 9.17) is 0 Å². The van der Waals surface area contributed by atoms with Crippen LogP contribution < -0.4 is 10.2 Å². The largest absolute Gasteiger partial charge is 0.351 e. The first-order chi connectivity index (χ1) is 7.42. The molecule has 1 aromatic rings. The van der Waals surface area contributed by atoms with Crippen LogP contribution in [0.25, 0.3) is 0 Å². The Morgan fingerprint density at radius 1 is 1.67 bits per heavy atom. The fraction of sp³-hybridized carbons (Fsp3) is 0.636. The molecule has 1 fully saturated rings. The summed E-state index contributed by atoms with van der Waals surface area (Å²) in [5.41, 5.74) is 0. The predicted molar refractivity (Wildman–Crippen MR) is 59.8 cm³/mol. The van der Waals surface area contributed by atoms with Crippen molar-refractivity contribution in [2.75, 3.05) is 24.5 Å². The summed E-state index contributed by atoms with van der Waals surface area (Å²) in [6.45, 7) is 5.33. The highest BCUT2D eigenvalue weighted by Gasteiger charge is 2.22. The van der Waals surface area contributed by atoms with Gasteiger partial charge in [-0.15, -0.1) is 0 Å². The SMILES string of the molecule is CCCC1CNCCN1c1ccn[c]n1. The van der Waals surface area contributed by atoms with Crippen LogP contribution in [0.2, 0.25) is 0 Å². The summed E-state index contributed by atoms with van der Waals surface area (Å²) in [4.78, 5) is 10.4. The number of piperazine rings is 1. The molecular weight excluding hydrogens is 188 g/mol. The lowest BCUT2D eigenvalue weighted by molar-refractivity contribution is 0.447. The Morgan fingerprint density at radius 2 is 2.60 bits per heavy atom. The van der Waals surface area contributed by atoms with Gasteiger partial charge in [-0.2, -0.15) is 0 Å². The Labute approximate surface area is 90.7 Å². The van der Waals surface area contributed by atoms with Crippen molar-refractivity contribution in [3.63, 3.8) is 0 Å². The summed E-state index contributed by atoms with van der Waals surface area (Å²) < 4.78 is 0. The van der Waals surface area contributed by atoms with Crippen LogP contribution in [0.4, 0.5) is 5.82 Å². The fourth-order valence-electron chi connectivity index (χ4n) is 2.07. The molecule has 81 valence electrons. The molecule has 0 amide bonds. The molecule has 1 aliphatic heterocycles. The Kier molecular flexibility index (Phi) is 3.50. The number of nitrogens with zero attached hydrogens (tertiary/aromatic N) is 3. The van der Waals surface area contributed by atoms with Gasteiger partial charge in [0.1, 0.15) is 5.82 Å². The lowest BCUT2D eigenvalue weighted by Gasteiger charge is -2.36. The fourth-order valence-corrected chi connectivity index (χ4v) is 2.07. The molecule has 0 bridgehead atoms. The Morgan fingerprint density at radius 3 is 3.33 bits per heavy atom. The van der Waals surface area contributed by atoms with E-state index in [0.717, 1.165) is 25.5 Å². The minimum absolute atomic E-state index is 0.562. The summed E-state index contributed by atoms with van der Waals surface area (Å²) in [5.74, 6) is 1.00. The van der Waals surface area contributed by atoms with Crippen LogP contribution >= 0.6 is 0 Å². The molecule has 4 heteroatoms. The van der Waals surface area contributed by atoms with Gasteiger partial charge in [0.05, 0.1) is 0 Å². The number of aromatic nitrogens is 2. The summed E-state index contributed by atoms with van der Waals surface area (Å²) in [7, 11) is 0. The van der Waals surface area contributed by atoms with Crippen LogP contribution in [0.5, 0.6) is 0 Å². The van der Waals surface area contributed by atoms with Crippen LogP contribution in [-0.2, 0) is 0 Å². The van der Waals surface area contributed by atoms with Crippen LogP contribution in [-0.4, -0.2) is 35.6 Å². The third kappa shape index (κ3) is 2.45. The molecule has 1 aliphatic rings. The first kappa shape index (κ1) is 10.4. The molecule has 0 spiro atoms. The normalized spacial score (nSPS) is 21.7. The van der Waals surface area contributed by atoms with E-state index in [-0.39, 0.29) is 0 Å². The first-order valence-corrected chi connectivity index (χ1v) is 5.58. The smallest absolute Gasteiger partial charge is 0.199 e. The standard InChI is InChI=1S/C11H17N4/c1-2-3-10-8-12-6-7-15(10)11-4-5-13-9-14-11/h4-5,10,12H,2-3,6-8H2,1H3. The van der Waals surface area contributed by atoms with Crippen molar-refractivity contribution < 1.29 is 0 Å². The zero-order chi connectivity index (χ0) is 10.5. The summed E-state index contributed by atoms with van der Waals surface area (Å²) >= 11 is 0. The van der Waals surface area contributed by atoms with Crippen LogP contribution in [0.3, 0.4) is 0 Å². The summed E-state index contributed by atoms with van der Waals surface area (Å²) in [6, 6.07) is 2.52. The molecule has 0 aromatic carbocycles. The van der Waals surface area contributed by atoms with E-state index in [1.165, 1.54) is 12.8 Å². The molecule has 0 aliphatic carbocycles. The molecule has 1 saturated heterocycles. The van der Waals surface area contributed by atoms with Gasteiger partial charge >= 0.3 is 0 Å².